The Kier molecular flexibility index (Phi) is 9.58. The van der Waals surface area contributed by atoms with Crippen LogP contribution in [-0.4, -0.2) is 16.7 Å². The molecule has 2 aromatic carbocycles. The first-order valence-electron chi connectivity index (χ1n) is 11.0. The minimum absolute atomic E-state index is 0. The summed E-state index contributed by atoms with van der Waals surface area (Å²) in [5, 5.41) is 22.9. The molecule has 0 spiro atoms. The van der Waals surface area contributed by atoms with Crippen molar-refractivity contribution in [3.8, 4) is 11.5 Å². The molecule has 0 radical (unpaired) electrons. The van der Waals surface area contributed by atoms with Crippen LogP contribution >= 0.6 is 11.6 Å². The van der Waals surface area contributed by atoms with Crippen LogP contribution in [-0.2, 0) is 22.0 Å². The van der Waals surface area contributed by atoms with E-state index in [1.165, 1.54) is 13.8 Å². The molecule has 0 saturated carbocycles. The van der Waals surface area contributed by atoms with Gasteiger partial charge in [0.1, 0.15) is 17.1 Å². The Morgan fingerprint density at radius 1 is 1.00 bits per heavy atom. The van der Waals surface area contributed by atoms with E-state index in [2.05, 4.69) is 60.6 Å². The molecule has 0 aliphatic carbocycles. The van der Waals surface area contributed by atoms with Crippen molar-refractivity contribution >= 4 is 17.6 Å². The number of carbonyl (C=O) groups excluding carboxylic acids is 1. The molecule has 2 aromatic rings. The number of benzene rings is 2. The second kappa shape index (κ2) is 10.6. The average Bonchev–Trinajstić information content (AvgIpc) is 2.62. The Labute approximate surface area is 226 Å². The van der Waals surface area contributed by atoms with Gasteiger partial charge in [0.05, 0.1) is 5.97 Å². The third-order valence-electron chi connectivity index (χ3n) is 5.73. The molecule has 176 valence electrons. The molecule has 0 aromatic heterocycles. The Morgan fingerprint density at radius 2 is 1.48 bits per heavy atom. The van der Waals surface area contributed by atoms with Gasteiger partial charge in [-0.25, -0.2) is 0 Å². The molecule has 1 atom stereocenters. The van der Waals surface area contributed by atoms with Crippen molar-refractivity contribution in [1.29, 1.82) is 0 Å². The van der Waals surface area contributed by atoms with E-state index in [0.717, 1.165) is 22.3 Å². The van der Waals surface area contributed by atoms with Gasteiger partial charge in [-0.1, -0.05) is 72.2 Å². The summed E-state index contributed by atoms with van der Waals surface area (Å²) in [5.41, 5.74) is 1.97. The molecule has 0 amide bonds. The van der Waals surface area contributed by atoms with Crippen LogP contribution in [0, 0.1) is 0 Å². The van der Waals surface area contributed by atoms with Gasteiger partial charge in [0.2, 0.25) is 0 Å². The van der Waals surface area contributed by atoms with Gasteiger partial charge in [0.15, 0.2) is 0 Å². The number of aliphatic carboxylic acids is 1. The van der Waals surface area contributed by atoms with Gasteiger partial charge < -0.3 is 19.7 Å². The van der Waals surface area contributed by atoms with E-state index in [-0.39, 0.29) is 46.3 Å². The molecular formula is C27H36ClNaO4. The summed E-state index contributed by atoms with van der Waals surface area (Å²) in [7, 11) is 0. The normalized spacial score (nSPS) is 13.3. The van der Waals surface area contributed by atoms with Gasteiger partial charge in [-0.2, -0.15) is 0 Å². The molecule has 0 bridgehead atoms. The Balaban J connectivity index is 0.00000544. The number of phenols is 1. The number of carboxylic acids is 1. The Hall–Kier alpha value is -1.20. The maximum Gasteiger partial charge on any atom is 1.00 e. The topological polar surface area (TPSA) is 69.6 Å². The molecule has 0 fully saturated rings. The second-order valence-electron chi connectivity index (χ2n) is 11.2. The van der Waals surface area contributed by atoms with Crippen molar-refractivity contribution in [2.45, 2.75) is 91.1 Å². The van der Waals surface area contributed by atoms with E-state index < -0.39 is 11.6 Å². The van der Waals surface area contributed by atoms with E-state index in [0.29, 0.717) is 22.9 Å². The number of carboxylic acid groups (broad SMARTS) is 1. The average molecular weight is 483 g/mol. The Bertz CT molecular complexity index is 965. The first-order valence-corrected chi connectivity index (χ1v) is 11.4. The van der Waals surface area contributed by atoms with E-state index in [4.69, 9.17) is 16.3 Å². The molecule has 4 nitrogen and oxygen atoms in total. The number of halogens is 1. The number of aromatic hydroxyl groups is 1. The SMILES string of the molecule is CC(Cc1cc(OC(C)(C)C(=O)[O-])ccc1Cl)c1cc(C(C)(C)C)c(O)c(C(C)(C)C)c1.[Na+]. The van der Waals surface area contributed by atoms with Gasteiger partial charge >= 0.3 is 29.6 Å². The van der Waals surface area contributed by atoms with Gasteiger partial charge in [0, 0.05) is 5.02 Å². The van der Waals surface area contributed by atoms with Crippen LogP contribution in [0.15, 0.2) is 30.3 Å². The molecular weight excluding hydrogens is 447 g/mol. The van der Waals surface area contributed by atoms with Crippen molar-refractivity contribution in [1.82, 2.24) is 0 Å². The predicted octanol–water partition coefficient (Wildman–Crippen LogP) is 2.90. The van der Waals surface area contributed by atoms with E-state index in [1.54, 1.807) is 18.2 Å². The summed E-state index contributed by atoms with van der Waals surface area (Å²) in [6, 6.07) is 9.35. The van der Waals surface area contributed by atoms with Crippen LogP contribution in [0.4, 0.5) is 0 Å². The largest absolute Gasteiger partial charge is 1.00 e. The fourth-order valence-corrected chi connectivity index (χ4v) is 3.83. The third-order valence-corrected chi connectivity index (χ3v) is 6.09. The molecule has 0 aliphatic heterocycles. The number of hydrogen-bond donors (Lipinski definition) is 1. The minimum Gasteiger partial charge on any atom is -0.546 e. The van der Waals surface area contributed by atoms with E-state index >= 15 is 0 Å². The number of ether oxygens (including phenoxy) is 1. The van der Waals surface area contributed by atoms with Gasteiger partial charge in [-0.05, 0) is 77.5 Å². The molecule has 6 heteroatoms. The van der Waals surface area contributed by atoms with Crippen LogP contribution in [0.25, 0.3) is 0 Å². The third kappa shape index (κ3) is 7.39. The van der Waals surface area contributed by atoms with Crippen molar-refractivity contribution in [3.63, 3.8) is 0 Å². The number of hydrogen-bond acceptors (Lipinski definition) is 4. The maximum absolute atomic E-state index is 11.3. The van der Waals surface area contributed by atoms with Crippen LogP contribution in [0.1, 0.15) is 90.5 Å². The first-order chi connectivity index (χ1) is 14.4. The van der Waals surface area contributed by atoms with Crippen molar-refractivity contribution in [3.05, 3.63) is 57.6 Å². The van der Waals surface area contributed by atoms with Crippen LogP contribution in [0.3, 0.4) is 0 Å². The summed E-state index contributed by atoms with van der Waals surface area (Å²) < 4.78 is 5.64. The summed E-state index contributed by atoms with van der Waals surface area (Å²) in [5.74, 6) is -0.378. The number of phenolic OH excluding ortho intramolecular Hbond substituents is 1. The minimum atomic E-state index is -1.45. The van der Waals surface area contributed by atoms with Crippen molar-refractivity contribution in [2.75, 3.05) is 0 Å². The van der Waals surface area contributed by atoms with Crippen LogP contribution in [0.2, 0.25) is 5.02 Å². The Morgan fingerprint density at radius 3 is 1.91 bits per heavy atom. The summed E-state index contributed by atoms with van der Waals surface area (Å²) in [6.07, 6.45) is 0.639. The molecule has 0 aliphatic rings. The monoisotopic (exact) mass is 482 g/mol. The van der Waals surface area contributed by atoms with Gasteiger partial charge in [0.25, 0.3) is 0 Å². The molecule has 33 heavy (non-hydrogen) atoms. The molecule has 0 saturated heterocycles. The van der Waals surface area contributed by atoms with Crippen molar-refractivity contribution < 1.29 is 49.3 Å². The van der Waals surface area contributed by atoms with Crippen LogP contribution in [0.5, 0.6) is 11.5 Å². The van der Waals surface area contributed by atoms with Crippen LogP contribution < -0.4 is 39.4 Å². The van der Waals surface area contributed by atoms with Gasteiger partial charge in [-0.3, -0.25) is 0 Å². The van der Waals surface area contributed by atoms with E-state index in [1.807, 2.05) is 0 Å². The van der Waals surface area contributed by atoms with E-state index in [9.17, 15) is 15.0 Å². The first kappa shape index (κ1) is 29.8. The van der Waals surface area contributed by atoms with Crippen molar-refractivity contribution in [2.24, 2.45) is 0 Å². The fourth-order valence-electron chi connectivity index (χ4n) is 3.64. The molecule has 0 heterocycles. The molecule has 1 unspecified atom stereocenters. The quantitative estimate of drug-likeness (QED) is 0.643. The fraction of sp³-hybridized carbons (Fsp3) is 0.519. The maximum atomic E-state index is 11.3. The second-order valence-corrected chi connectivity index (χ2v) is 11.6. The number of carbonyl (C=O) groups is 1. The smallest absolute Gasteiger partial charge is 0.546 e. The predicted molar refractivity (Wildman–Crippen MR) is 129 cm³/mol. The molecule has 1 N–H and O–H groups in total. The molecule has 2 rings (SSSR count). The summed E-state index contributed by atoms with van der Waals surface area (Å²) in [6.45, 7) is 17.6. The zero-order valence-corrected chi connectivity index (χ0v) is 24.5. The van der Waals surface area contributed by atoms with Gasteiger partial charge in [-0.15, -0.1) is 0 Å². The standard InChI is InChI=1S/C27H37ClO4.Na/c1-16(12-18-13-19(10-11-22(18)28)32-27(8,9)24(30)31)17-14-20(25(2,3)4)23(29)21(15-17)26(5,6)7;/h10-11,13-16,29H,12H2,1-9H3,(H,30,31);/q;+1/p-1. The summed E-state index contributed by atoms with van der Waals surface area (Å²) >= 11 is 6.47. The zero-order valence-electron chi connectivity index (χ0n) is 21.7. The number of rotatable bonds is 6. The zero-order chi connectivity index (χ0) is 24.6. The summed E-state index contributed by atoms with van der Waals surface area (Å²) in [4.78, 5) is 11.3.